The molecule has 0 atom stereocenters. The summed E-state index contributed by atoms with van der Waals surface area (Å²) in [6.45, 7) is 2.07. The lowest BCUT2D eigenvalue weighted by Crippen LogP contribution is -2.23. The minimum Gasteiger partial charge on any atom is -0.506 e. The molecule has 0 saturated carbocycles. The van der Waals surface area contributed by atoms with Gasteiger partial charge in [0.25, 0.3) is 5.91 Å². The van der Waals surface area contributed by atoms with Gasteiger partial charge in [-0.1, -0.05) is 27.5 Å². The summed E-state index contributed by atoms with van der Waals surface area (Å²) in [5.41, 5.74) is 2.22. The van der Waals surface area contributed by atoms with Crippen molar-refractivity contribution < 1.29 is 14.7 Å². The van der Waals surface area contributed by atoms with E-state index in [1.54, 1.807) is 6.92 Å². The highest BCUT2D eigenvalue weighted by atomic mass is 79.9. The predicted molar refractivity (Wildman–Crippen MR) is 59.9 cm³/mol. The molecule has 0 aliphatic rings. The van der Waals surface area contributed by atoms with Crippen molar-refractivity contribution in [1.29, 1.82) is 0 Å². The van der Waals surface area contributed by atoms with Gasteiger partial charge in [-0.2, -0.15) is 0 Å². The maximum atomic E-state index is 11.5. The molecule has 0 unspecified atom stereocenters. The summed E-state index contributed by atoms with van der Waals surface area (Å²) in [7, 11) is 0. The Kier molecular flexibility index (Phi) is 4.38. The number of benzene rings is 1. The number of halogens is 2. The molecule has 0 aliphatic heterocycles. The third-order valence-electron chi connectivity index (χ3n) is 1.58. The molecule has 1 rings (SSSR count). The van der Waals surface area contributed by atoms with Gasteiger partial charge < -0.3 is 5.11 Å². The highest BCUT2D eigenvalue weighted by Gasteiger charge is 2.14. The average molecular weight is 295 g/mol. The fraction of sp³-hybridized carbons (Fsp3) is 0.222. The van der Waals surface area contributed by atoms with Crippen molar-refractivity contribution in [3.05, 3.63) is 27.2 Å². The van der Waals surface area contributed by atoms with E-state index in [0.29, 0.717) is 11.1 Å². The Morgan fingerprint density at radius 2 is 2.33 bits per heavy atom. The van der Waals surface area contributed by atoms with E-state index in [2.05, 4.69) is 21.4 Å². The van der Waals surface area contributed by atoms with Crippen molar-refractivity contribution in [3.8, 4) is 5.75 Å². The second-order valence-corrected chi connectivity index (χ2v) is 3.97. The molecular formula is C9H9BrClNO3. The predicted octanol–water partition coefficient (Wildman–Crippen LogP) is 2.49. The Balaban J connectivity index is 2.98. The van der Waals surface area contributed by atoms with Gasteiger partial charge in [0.1, 0.15) is 5.75 Å². The van der Waals surface area contributed by atoms with Gasteiger partial charge >= 0.3 is 0 Å². The fourth-order valence-electron chi connectivity index (χ4n) is 0.932. The summed E-state index contributed by atoms with van der Waals surface area (Å²) in [4.78, 5) is 16.2. The van der Waals surface area contributed by atoms with E-state index >= 15 is 0 Å². The molecule has 4 nitrogen and oxygen atoms in total. The van der Waals surface area contributed by atoms with Crippen molar-refractivity contribution in [3.63, 3.8) is 0 Å². The number of amides is 1. The van der Waals surface area contributed by atoms with E-state index in [0.717, 1.165) is 0 Å². The molecular weight excluding hydrogens is 285 g/mol. The molecule has 0 spiro atoms. The first-order valence-corrected chi connectivity index (χ1v) is 5.33. The maximum absolute atomic E-state index is 11.5. The molecule has 15 heavy (non-hydrogen) atoms. The van der Waals surface area contributed by atoms with Crippen molar-refractivity contribution >= 4 is 33.4 Å². The molecule has 1 amide bonds. The number of carbonyl (C=O) groups excluding carboxylic acids is 1. The van der Waals surface area contributed by atoms with E-state index in [9.17, 15) is 9.90 Å². The minimum atomic E-state index is -0.544. The minimum absolute atomic E-state index is 0.0582. The number of nitrogens with one attached hydrogen (secondary N) is 1. The highest BCUT2D eigenvalue weighted by molar-refractivity contribution is 9.10. The second-order valence-electron chi connectivity index (χ2n) is 2.65. The number of hydroxylamine groups is 1. The van der Waals surface area contributed by atoms with E-state index < -0.39 is 5.91 Å². The number of phenols is 1. The lowest BCUT2D eigenvalue weighted by Gasteiger charge is -2.07. The van der Waals surface area contributed by atoms with Gasteiger partial charge in [0, 0.05) is 4.47 Å². The van der Waals surface area contributed by atoms with E-state index in [1.165, 1.54) is 12.1 Å². The Morgan fingerprint density at radius 3 is 2.93 bits per heavy atom. The van der Waals surface area contributed by atoms with Crippen molar-refractivity contribution in [2.24, 2.45) is 0 Å². The molecule has 1 aromatic carbocycles. The van der Waals surface area contributed by atoms with Crippen LogP contribution in [0.4, 0.5) is 0 Å². The molecule has 0 fully saturated rings. The Bertz CT molecular complexity index is 384. The van der Waals surface area contributed by atoms with Gasteiger partial charge in [-0.05, 0) is 19.1 Å². The van der Waals surface area contributed by atoms with Gasteiger partial charge in [-0.3, -0.25) is 9.63 Å². The molecule has 6 heteroatoms. The third-order valence-corrected chi connectivity index (χ3v) is 2.33. The first-order valence-electron chi connectivity index (χ1n) is 4.16. The van der Waals surface area contributed by atoms with Crippen LogP contribution in [-0.2, 0) is 4.84 Å². The molecule has 0 saturated heterocycles. The van der Waals surface area contributed by atoms with Crippen LogP contribution in [0.1, 0.15) is 17.3 Å². The van der Waals surface area contributed by atoms with Gasteiger partial charge in [0.05, 0.1) is 17.2 Å². The van der Waals surface area contributed by atoms with Crippen LogP contribution >= 0.6 is 27.5 Å². The fourth-order valence-corrected chi connectivity index (χ4v) is 1.74. The molecule has 82 valence electrons. The van der Waals surface area contributed by atoms with Crippen LogP contribution in [0.5, 0.6) is 5.75 Å². The molecule has 2 N–H and O–H groups in total. The zero-order valence-corrected chi connectivity index (χ0v) is 10.2. The number of aromatic hydroxyl groups is 1. The Labute approximate surface area is 100 Å². The van der Waals surface area contributed by atoms with Gasteiger partial charge in [0.15, 0.2) is 0 Å². The van der Waals surface area contributed by atoms with Crippen molar-refractivity contribution in [2.75, 3.05) is 6.61 Å². The standard InChI is InChI=1S/C9H9BrClNO3/c1-2-15-12-9(14)6-3-5(10)4-7(11)8(6)13/h3-4,13H,2H2,1H3,(H,12,14). The summed E-state index contributed by atoms with van der Waals surface area (Å²) in [6, 6.07) is 2.95. The van der Waals surface area contributed by atoms with Gasteiger partial charge in [0.2, 0.25) is 0 Å². The summed E-state index contributed by atoms with van der Waals surface area (Å²) in [6.07, 6.45) is 0. The molecule has 0 radical (unpaired) electrons. The van der Waals surface area contributed by atoms with Crippen molar-refractivity contribution in [2.45, 2.75) is 6.92 Å². The molecule has 0 heterocycles. The normalized spacial score (nSPS) is 10.1. The van der Waals surface area contributed by atoms with E-state index in [1.807, 2.05) is 0 Å². The van der Waals surface area contributed by atoms with Crippen LogP contribution in [0.25, 0.3) is 0 Å². The number of carbonyl (C=O) groups is 1. The summed E-state index contributed by atoms with van der Waals surface area (Å²) >= 11 is 8.86. The number of phenolic OH excluding ortho intramolecular Hbond substituents is 1. The van der Waals surface area contributed by atoms with Crippen LogP contribution in [0.2, 0.25) is 5.02 Å². The van der Waals surface area contributed by atoms with Crippen molar-refractivity contribution in [1.82, 2.24) is 5.48 Å². The Morgan fingerprint density at radius 1 is 1.67 bits per heavy atom. The first kappa shape index (κ1) is 12.3. The maximum Gasteiger partial charge on any atom is 0.278 e. The third kappa shape index (κ3) is 3.09. The largest absolute Gasteiger partial charge is 0.506 e. The zero-order valence-electron chi connectivity index (χ0n) is 7.88. The second kappa shape index (κ2) is 5.34. The lowest BCUT2D eigenvalue weighted by atomic mass is 10.2. The SMILES string of the molecule is CCONC(=O)c1cc(Br)cc(Cl)c1O. The number of hydrogen-bond acceptors (Lipinski definition) is 3. The monoisotopic (exact) mass is 293 g/mol. The van der Waals surface area contributed by atoms with Crippen LogP contribution < -0.4 is 5.48 Å². The number of hydrogen-bond donors (Lipinski definition) is 2. The smallest absolute Gasteiger partial charge is 0.278 e. The topological polar surface area (TPSA) is 58.6 Å². The molecule has 0 aromatic heterocycles. The van der Waals surface area contributed by atoms with Crippen LogP contribution in [0, 0.1) is 0 Å². The van der Waals surface area contributed by atoms with Gasteiger partial charge in [-0.15, -0.1) is 0 Å². The zero-order chi connectivity index (χ0) is 11.4. The van der Waals surface area contributed by atoms with E-state index in [-0.39, 0.29) is 16.3 Å². The van der Waals surface area contributed by atoms with Crippen LogP contribution in [0.15, 0.2) is 16.6 Å². The molecule has 0 aliphatic carbocycles. The van der Waals surface area contributed by atoms with Crippen LogP contribution in [0.3, 0.4) is 0 Å². The quantitative estimate of drug-likeness (QED) is 0.842. The molecule has 0 bridgehead atoms. The average Bonchev–Trinajstić information content (AvgIpc) is 2.19. The van der Waals surface area contributed by atoms with Crippen LogP contribution in [-0.4, -0.2) is 17.6 Å². The molecule has 1 aromatic rings. The summed E-state index contributed by atoms with van der Waals surface area (Å²) in [5.74, 6) is -0.811. The Hall–Kier alpha value is -0.780. The summed E-state index contributed by atoms with van der Waals surface area (Å²) in [5, 5.41) is 9.63. The van der Waals surface area contributed by atoms with Gasteiger partial charge in [-0.25, -0.2) is 5.48 Å². The van der Waals surface area contributed by atoms with E-state index in [4.69, 9.17) is 16.4 Å². The number of rotatable bonds is 3. The summed E-state index contributed by atoms with van der Waals surface area (Å²) < 4.78 is 0.604. The first-order chi connectivity index (χ1) is 7.06. The highest BCUT2D eigenvalue weighted by Crippen LogP contribution is 2.31. The lowest BCUT2D eigenvalue weighted by molar-refractivity contribution is 0.0362.